The van der Waals surface area contributed by atoms with Gasteiger partial charge in [-0.1, -0.05) is 48.0 Å². The Morgan fingerprint density at radius 1 is 1.03 bits per heavy atom. The van der Waals surface area contributed by atoms with Crippen LogP contribution >= 0.6 is 11.6 Å². The summed E-state index contributed by atoms with van der Waals surface area (Å²) in [6.07, 6.45) is 1.66. The summed E-state index contributed by atoms with van der Waals surface area (Å²) < 4.78 is 5.69. The number of para-hydroxylation sites is 1. The fourth-order valence-corrected chi connectivity index (χ4v) is 4.03. The molecule has 0 spiro atoms. The van der Waals surface area contributed by atoms with Crippen molar-refractivity contribution in [3.8, 4) is 11.5 Å². The number of hydrogen-bond acceptors (Lipinski definition) is 5. The molecular weight excluding hydrogens is 442 g/mol. The van der Waals surface area contributed by atoms with Gasteiger partial charge in [0.1, 0.15) is 5.75 Å². The van der Waals surface area contributed by atoms with Gasteiger partial charge in [0, 0.05) is 37.3 Å². The van der Waals surface area contributed by atoms with Gasteiger partial charge in [0.05, 0.1) is 9.95 Å². The van der Waals surface area contributed by atoms with Gasteiger partial charge in [-0.25, -0.2) is 0 Å². The van der Waals surface area contributed by atoms with E-state index in [1.807, 2.05) is 35.2 Å². The van der Waals surface area contributed by atoms with Crippen LogP contribution in [0.25, 0.3) is 0 Å². The van der Waals surface area contributed by atoms with Crippen LogP contribution in [0.4, 0.5) is 5.69 Å². The highest BCUT2D eigenvalue weighted by molar-refractivity contribution is 6.32. The van der Waals surface area contributed by atoms with E-state index in [1.165, 1.54) is 6.07 Å². The smallest absolute Gasteiger partial charge is 0.311 e. The molecule has 0 unspecified atom stereocenters. The van der Waals surface area contributed by atoms with Gasteiger partial charge in [-0.05, 0) is 48.7 Å². The molecule has 170 valence electrons. The zero-order valence-corrected chi connectivity index (χ0v) is 18.7. The highest BCUT2D eigenvalue weighted by atomic mass is 35.5. The number of piperidine rings is 1. The van der Waals surface area contributed by atoms with E-state index < -0.39 is 4.92 Å². The Balaban J connectivity index is 1.34. The average Bonchev–Trinajstić information content (AvgIpc) is 2.85. The second kappa shape index (κ2) is 10.5. The number of nitro groups is 1. The van der Waals surface area contributed by atoms with Crippen LogP contribution in [0.3, 0.4) is 0 Å². The van der Waals surface area contributed by atoms with Crippen LogP contribution in [0.5, 0.6) is 11.5 Å². The molecule has 0 aliphatic carbocycles. The van der Waals surface area contributed by atoms with E-state index in [2.05, 4.69) is 5.32 Å². The molecule has 0 saturated carbocycles. The second-order valence-corrected chi connectivity index (χ2v) is 8.31. The Labute approximate surface area is 197 Å². The SMILES string of the molecule is O=C(c1ccccc1)N1CCC(NCc2ccc(Oc3ccccc3Cl)c([N+](=O)[O-])c2)CC1. The summed E-state index contributed by atoms with van der Waals surface area (Å²) in [5.74, 6) is 0.563. The summed E-state index contributed by atoms with van der Waals surface area (Å²) in [7, 11) is 0. The number of amides is 1. The van der Waals surface area contributed by atoms with Crippen LogP contribution in [0, 0.1) is 10.1 Å². The van der Waals surface area contributed by atoms with Gasteiger partial charge in [0.25, 0.3) is 5.91 Å². The first-order valence-corrected chi connectivity index (χ1v) is 11.2. The summed E-state index contributed by atoms with van der Waals surface area (Å²) in [5, 5.41) is 15.4. The van der Waals surface area contributed by atoms with Crippen molar-refractivity contribution < 1.29 is 14.5 Å². The third kappa shape index (κ3) is 5.69. The lowest BCUT2D eigenvalue weighted by molar-refractivity contribution is -0.385. The number of likely N-dealkylation sites (tertiary alicyclic amines) is 1. The zero-order chi connectivity index (χ0) is 23.2. The largest absolute Gasteiger partial charge is 0.449 e. The van der Waals surface area contributed by atoms with Gasteiger partial charge in [-0.3, -0.25) is 14.9 Å². The van der Waals surface area contributed by atoms with E-state index in [0.717, 1.165) is 18.4 Å². The summed E-state index contributed by atoms with van der Waals surface area (Å²) in [6.45, 7) is 1.84. The van der Waals surface area contributed by atoms with E-state index in [-0.39, 0.29) is 23.4 Å². The number of hydrogen-bond donors (Lipinski definition) is 1. The third-order valence-electron chi connectivity index (χ3n) is 5.67. The van der Waals surface area contributed by atoms with E-state index in [9.17, 15) is 14.9 Å². The van der Waals surface area contributed by atoms with Crippen molar-refractivity contribution in [2.45, 2.75) is 25.4 Å². The first-order valence-electron chi connectivity index (χ1n) is 10.8. The number of carbonyl (C=O) groups is 1. The maximum Gasteiger partial charge on any atom is 0.311 e. The third-order valence-corrected chi connectivity index (χ3v) is 5.99. The molecule has 1 fully saturated rings. The molecule has 7 nitrogen and oxygen atoms in total. The molecule has 33 heavy (non-hydrogen) atoms. The molecule has 4 rings (SSSR count). The monoisotopic (exact) mass is 465 g/mol. The van der Waals surface area contributed by atoms with Crippen molar-refractivity contribution in [2.75, 3.05) is 13.1 Å². The van der Waals surface area contributed by atoms with Crippen molar-refractivity contribution in [3.63, 3.8) is 0 Å². The molecule has 1 saturated heterocycles. The molecule has 1 heterocycles. The van der Waals surface area contributed by atoms with Crippen molar-refractivity contribution >= 4 is 23.2 Å². The van der Waals surface area contributed by atoms with E-state index in [4.69, 9.17) is 16.3 Å². The molecular formula is C25H24ClN3O4. The molecule has 1 amide bonds. The number of carbonyl (C=O) groups excluding carboxylic acids is 1. The number of nitrogens with zero attached hydrogens (tertiary/aromatic N) is 2. The molecule has 3 aromatic rings. The molecule has 0 aromatic heterocycles. The van der Waals surface area contributed by atoms with Crippen LogP contribution < -0.4 is 10.1 Å². The molecule has 1 aliphatic heterocycles. The summed E-state index contributed by atoms with van der Waals surface area (Å²) in [4.78, 5) is 25.6. The van der Waals surface area contributed by atoms with Crippen LogP contribution in [0.2, 0.25) is 5.02 Å². The first-order chi connectivity index (χ1) is 16.0. The lowest BCUT2D eigenvalue weighted by atomic mass is 10.0. The second-order valence-electron chi connectivity index (χ2n) is 7.91. The average molecular weight is 466 g/mol. The first kappa shape index (κ1) is 22.8. The van der Waals surface area contributed by atoms with E-state index in [0.29, 0.717) is 36.0 Å². The molecule has 0 radical (unpaired) electrons. The topological polar surface area (TPSA) is 84.7 Å². The van der Waals surface area contributed by atoms with Gasteiger partial charge in [0.15, 0.2) is 0 Å². The minimum absolute atomic E-state index is 0.0544. The quantitative estimate of drug-likeness (QED) is 0.371. The normalized spacial score (nSPS) is 14.2. The number of halogens is 1. The van der Waals surface area contributed by atoms with Gasteiger partial charge in [-0.2, -0.15) is 0 Å². The Morgan fingerprint density at radius 2 is 1.73 bits per heavy atom. The predicted molar refractivity (Wildman–Crippen MR) is 127 cm³/mol. The van der Waals surface area contributed by atoms with Crippen molar-refractivity contribution in [1.29, 1.82) is 0 Å². The fourth-order valence-electron chi connectivity index (χ4n) is 3.86. The number of nitro benzene ring substituents is 1. The molecule has 1 N–H and O–H groups in total. The molecule has 3 aromatic carbocycles. The molecule has 0 atom stereocenters. The van der Waals surface area contributed by atoms with Crippen molar-refractivity contribution in [1.82, 2.24) is 10.2 Å². The van der Waals surface area contributed by atoms with Gasteiger partial charge in [-0.15, -0.1) is 0 Å². The van der Waals surface area contributed by atoms with Gasteiger partial charge in [0.2, 0.25) is 5.75 Å². The zero-order valence-electron chi connectivity index (χ0n) is 17.9. The Bertz CT molecular complexity index is 1130. The Kier molecular flexibility index (Phi) is 7.22. The number of ether oxygens (including phenoxy) is 1. The number of benzene rings is 3. The predicted octanol–water partition coefficient (Wildman–Crippen LogP) is 5.43. The fraction of sp³-hybridized carbons (Fsp3) is 0.240. The summed E-state index contributed by atoms with van der Waals surface area (Å²) >= 11 is 6.11. The van der Waals surface area contributed by atoms with Gasteiger partial charge >= 0.3 is 5.69 Å². The van der Waals surface area contributed by atoms with Crippen molar-refractivity contribution in [3.05, 3.63) is 99.1 Å². The highest BCUT2D eigenvalue weighted by Gasteiger charge is 2.24. The molecule has 1 aliphatic rings. The number of rotatable bonds is 7. The lowest BCUT2D eigenvalue weighted by Crippen LogP contribution is -2.44. The number of nitrogens with one attached hydrogen (secondary N) is 1. The van der Waals surface area contributed by atoms with Gasteiger partial charge < -0.3 is 15.0 Å². The highest BCUT2D eigenvalue weighted by Crippen LogP contribution is 2.35. The molecule has 0 bridgehead atoms. The van der Waals surface area contributed by atoms with Crippen LogP contribution in [0.15, 0.2) is 72.8 Å². The molecule has 8 heteroatoms. The standard InChI is InChI=1S/C25H24ClN3O4/c26-21-8-4-5-9-23(21)33-24-11-10-18(16-22(24)29(31)32)17-27-20-12-14-28(15-13-20)25(30)19-6-2-1-3-7-19/h1-11,16,20,27H,12-15,17H2. The van der Waals surface area contributed by atoms with Crippen molar-refractivity contribution in [2.24, 2.45) is 0 Å². The summed E-state index contributed by atoms with van der Waals surface area (Å²) in [5.41, 5.74) is 1.38. The summed E-state index contributed by atoms with van der Waals surface area (Å²) in [6, 6.07) is 21.3. The lowest BCUT2D eigenvalue weighted by Gasteiger charge is -2.32. The Hall–Kier alpha value is -3.42. The Morgan fingerprint density at radius 3 is 2.42 bits per heavy atom. The minimum atomic E-state index is -0.455. The van der Waals surface area contributed by atoms with E-state index >= 15 is 0 Å². The maximum absolute atomic E-state index is 12.6. The van der Waals surface area contributed by atoms with Crippen LogP contribution in [0.1, 0.15) is 28.8 Å². The maximum atomic E-state index is 12.6. The van der Waals surface area contributed by atoms with E-state index in [1.54, 1.807) is 36.4 Å². The van der Waals surface area contributed by atoms with Crippen LogP contribution in [-0.2, 0) is 6.54 Å². The van der Waals surface area contributed by atoms with Crippen LogP contribution in [-0.4, -0.2) is 34.9 Å². The minimum Gasteiger partial charge on any atom is -0.449 e.